The summed E-state index contributed by atoms with van der Waals surface area (Å²) in [6.45, 7) is 0. The van der Waals surface area contributed by atoms with E-state index in [2.05, 4.69) is 20.6 Å². The molecule has 0 fully saturated rings. The first-order chi connectivity index (χ1) is 13.3. The van der Waals surface area contributed by atoms with Crippen molar-refractivity contribution in [2.24, 2.45) is 5.73 Å². The van der Waals surface area contributed by atoms with E-state index in [9.17, 15) is 18.0 Å². The minimum atomic E-state index is -4.42. The fourth-order valence-corrected chi connectivity index (χ4v) is 2.50. The molecule has 0 aliphatic heterocycles. The summed E-state index contributed by atoms with van der Waals surface area (Å²) in [6, 6.07) is 13.4. The van der Waals surface area contributed by atoms with Crippen molar-refractivity contribution in [2.45, 2.75) is 12.6 Å². The highest BCUT2D eigenvalue weighted by molar-refractivity contribution is 5.77. The molecule has 3 rings (SSSR count). The fourth-order valence-electron chi connectivity index (χ4n) is 2.50. The van der Waals surface area contributed by atoms with E-state index in [0.29, 0.717) is 11.5 Å². The molecule has 144 valence electrons. The first-order valence-corrected chi connectivity index (χ1v) is 8.21. The maximum atomic E-state index is 12.8. The number of hydrogen-bond donors (Lipinski definition) is 3. The Bertz CT molecular complexity index is 991. The Morgan fingerprint density at radius 1 is 1.00 bits per heavy atom. The number of benzene rings is 2. The van der Waals surface area contributed by atoms with Crippen LogP contribution >= 0.6 is 0 Å². The fraction of sp³-hybridized carbons (Fsp3) is 0.105. The van der Waals surface area contributed by atoms with Gasteiger partial charge in [0, 0.05) is 17.6 Å². The maximum Gasteiger partial charge on any atom is 0.416 e. The molecule has 0 spiro atoms. The summed E-state index contributed by atoms with van der Waals surface area (Å²) in [4.78, 5) is 19.4. The van der Waals surface area contributed by atoms with Crippen LogP contribution in [0.4, 0.5) is 36.3 Å². The van der Waals surface area contributed by atoms with Gasteiger partial charge in [0.1, 0.15) is 5.82 Å². The van der Waals surface area contributed by atoms with Crippen LogP contribution in [0.3, 0.4) is 0 Å². The van der Waals surface area contributed by atoms with E-state index in [1.807, 2.05) is 0 Å². The van der Waals surface area contributed by atoms with E-state index in [-0.39, 0.29) is 18.1 Å². The highest BCUT2D eigenvalue weighted by Gasteiger charge is 2.30. The largest absolute Gasteiger partial charge is 0.416 e. The molecule has 0 saturated carbocycles. The summed E-state index contributed by atoms with van der Waals surface area (Å²) in [5, 5.41) is 5.81. The lowest BCUT2D eigenvalue weighted by Gasteiger charge is -2.11. The quantitative estimate of drug-likeness (QED) is 0.594. The molecule has 4 N–H and O–H groups in total. The van der Waals surface area contributed by atoms with Gasteiger partial charge in [-0.2, -0.15) is 18.2 Å². The van der Waals surface area contributed by atoms with Crippen LogP contribution in [0.25, 0.3) is 0 Å². The van der Waals surface area contributed by atoms with E-state index in [1.165, 1.54) is 24.4 Å². The van der Waals surface area contributed by atoms with E-state index < -0.39 is 17.6 Å². The van der Waals surface area contributed by atoms with Crippen molar-refractivity contribution in [2.75, 3.05) is 10.6 Å². The number of primary amides is 1. The topological polar surface area (TPSA) is 92.9 Å². The molecule has 0 saturated heterocycles. The van der Waals surface area contributed by atoms with Crippen molar-refractivity contribution in [1.29, 1.82) is 0 Å². The lowest BCUT2D eigenvalue weighted by molar-refractivity contribution is -0.137. The van der Waals surface area contributed by atoms with Crippen LogP contribution in [0.5, 0.6) is 0 Å². The third-order valence-corrected chi connectivity index (χ3v) is 3.68. The number of rotatable bonds is 6. The summed E-state index contributed by atoms with van der Waals surface area (Å²) < 4.78 is 38.5. The molecule has 1 aromatic heterocycles. The van der Waals surface area contributed by atoms with Gasteiger partial charge in [0.15, 0.2) is 0 Å². The summed E-state index contributed by atoms with van der Waals surface area (Å²) in [6.07, 6.45) is -2.85. The second-order valence-corrected chi connectivity index (χ2v) is 5.94. The van der Waals surface area contributed by atoms with Crippen molar-refractivity contribution >= 4 is 29.0 Å². The lowest BCUT2D eigenvalue weighted by Crippen LogP contribution is -2.13. The van der Waals surface area contributed by atoms with Crippen LogP contribution in [-0.2, 0) is 17.4 Å². The molecule has 0 radical (unpaired) electrons. The molecule has 1 amide bonds. The number of nitrogens with one attached hydrogen (secondary N) is 2. The predicted molar refractivity (Wildman–Crippen MR) is 99.4 cm³/mol. The third-order valence-electron chi connectivity index (χ3n) is 3.68. The van der Waals surface area contributed by atoms with Crippen LogP contribution in [0.2, 0.25) is 0 Å². The molecule has 3 aromatic rings. The number of aromatic nitrogens is 2. The second kappa shape index (κ2) is 7.95. The molecular formula is C19H16F3N5O. The normalized spacial score (nSPS) is 11.1. The number of alkyl halides is 3. The summed E-state index contributed by atoms with van der Waals surface area (Å²) in [5.41, 5.74) is 6.07. The summed E-state index contributed by atoms with van der Waals surface area (Å²) in [7, 11) is 0. The highest BCUT2D eigenvalue weighted by atomic mass is 19.4. The molecule has 9 heteroatoms. The van der Waals surface area contributed by atoms with Gasteiger partial charge in [0.05, 0.1) is 12.0 Å². The summed E-state index contributed by atoms with van der Waals surface area (Å²) >= 11 is 0. The molecular weight excluding hydrogens is 371 g/mol. The van der Waals surface area contributed by atoms with Gasteiger partial charge >= 0.3 is 6.18 Å². The number of anilines is 4. The van der Waals surface area contributed by atoms with Gasteiger partial charge in [0.25, 0.3) is 0 Å². The Morgan fingerprint density at radius 3 is 2.43 bits per heavy atom. The molecule has 28 heavy (non-hydrogen) atoms. The first kappa shape index (κ1) is 19.2. The molecule has 0 aliphatic carbocycles. The van der Waals surface area contributed by atoms with Gasteiger partial charge < -0.3 is 16.4 Å². The lowest BCUT2D eigenvalue weighted by atomic mass is 10.1. The van der Waals surface area contributed by atoms with Crippen molar-refractivity contribution in [1.82, 2.24) is 9.97 Å². The van der Waals surface area contributed by atoms with Gasteiger partial charge in [0.2, 0.25) is 11.9 Å². The average Bonchev–Trinajstić information content (AvgIpc) is 2.61. The predicted octanol–water partition coefficient (Wildman–Crippen LogP) is 4.01. The minimum Gasteiger partial charge on any atom is -0.369 e. The Labute approximate surface area is 158 Å². The van der Waals surface area contributed by atoms with Gasteiger partial charge in [-0.3, -0.25) is 4.79 Å². The number of carbonyl (C=O) groups excluding carboxylic acids is 1. The number of carbonyl (C=O) groups is 1. The smallest absolute Gasteiger partial charge is 0.369 e. The van der Waals surface area contributed by atoms with E-state index in [4.69, 9.17) is 5.73 Å². The number of halogens is 3. The third kappa shape index (κ3) is 5.19. The molecule has 0 atom stereocenters. The number of nitrogens with two attached hydrogens (primary N) is 1. The first-order valence-electron chi connectivity index (χ1n) is 8.21. The molecule has 0 bridgehead atoms. The zero-order chi connectivity index (χ0) is 20.1. The minimum absolute atomic E-state index is 0.105. The monoisotopic (exact) mass is 387 g/mol. The van der Waals surface area contributed by atoms with Crippen molar-refractivity contribution in [3.63, 3.8) is 0 Å². The Kier molecular flexibility index (Phi) is 5.44. The number of nitrogens with zero attached hydrogens (tertiary/aromatic N) is 2. The average molecular weight is 387 g/mol. The molecule has 6 nitrogen and oxygen atoms in total. The highest BCUT2D eigenvalue weighted by Crippen LogP contribution is 2.31. The van der Waals surface area contributed by atoms with Crippen LogP contribution in [0.1, 0.15) is 11.1 Å². The zero-order valence-electron chi connectivity index (χ0n) is 14.5. The van der Waals surface area contributed by atoms with Gasteiger partial charge in [-0.25, -0.2) is 4.98 Å². The van der Waals surface area contributed by atoms with E-state index in [0.717, 1.165) is 17.7 Å². The second-order valence-electron chi connectivity index (χ2n) is 5.94. The van der Waals surface area contributed by atoms with Crippen LogP contribution in [-0.4, -0.2) is 15.9 Å². The van der Waals surface area contributed by atoms with Gasteiger partial charge in [-0.15, -0.1) is 0 Å². The standard InChI is InChI=1S/C19H16F3N5O/c20-19(21,22)13-4-2-6-15(11-13)25-17-7-8-24-18(27-17)26-14-5-1-3-12(9-14)10-16(23)28/h1-9,11H,10H2,(H2,23,28)(H2,24,25,26,27). The maximum absolute atomic E-state index is 12.8. The van der Waals surface area contributed by atoms with Crippen LogP contribution < -0.4 is 16.4 Å². The Balaban J connectivity index is 1.75. The van der Waals surface area contributed by atoms with Crippen molar-refractivity contribution in [3.8, 4) is 0 Å². The molecule has 2 aromatic carbocycles. The Morgan fingerprint density at radius 2 is 1.71 bits per heavy atom. The molecule has 1 heterocycles. The molecule has 0 unspecified atom stereocenters. The zero-order valence-corrected chi connectivity index (χ0v) is 14.5. The SMILES string of the molecule is NC(=O)Cc1cccc(Nc2nccc(Nc3cccc(C(F)(F)F)c3)n2)c1. The van der Waals surface area contributed by atoms with Gasteiger partial charge in [-0.05, 0) is 42.0 Å². The van der Waals surface area contributed by atoms with Crippen molar-refractivity contribution in [3.05, 3.63) is 71.9 Å². The van der Waals surface area contributed by atoms with E-state index >= 15 is 0 Å². The van der Waals surface area contributed by atoms with Crippen LogP contribution in [0.15, 0.2) is 60.8 Å². The van der Waals surface area contributed by atoms with Crippen molar-refractivity contribution < 1.29 is 18.0 Å². The van der Waals surface area contributed by atoms with Gasteiger partial charge in [-0.1, -0.05) is 18.2 Å². The van der Waals surface area contributed by atoms with Crippen LogP contribution in [0, 0.1) is 0 Å². The Hall–Kier alpha value is -3.62. The number of hydrogen-bond acceptors (Lipinski definition) is 5. The number of amides is 1. The molecule has 0 aliphatic rings. The summed E-state index contributed by atoms with van der Waals surface area (Å²) in [5.74, 6) is 0.124. The van der Waals surface area contributed by atoms with E-state index in [1.54, 1.807) is 24.3 Å².